The van der Waals surface area contributed by atoms with Crippen LogP contribution in [0.3, 0.4) is 0 Å². The molecule has 1 unspecified atom stereocenters. The van der Waals surface area contributed by atoms with Crippen LogP contribution in [0.15, 0.2) is 54.6 Å². The number of carbonyl (C=O) groups excluding carboxylic acids is 1. The Hall–Kier alpha value is -2.44. The van der Waals surface area contributed by atoms with E-state index in [0.29, 0.717) is 12.2 Å². The summed E-state index contributed by atoms with van der Waals surface area (Å²) in [5, 5.41) is 5.90. The summed E-state index contributed by atoms with van der Waals surface area (Å²) in [5.74, 6) is 0.488. The van der Waals surface area contributed by atoms with Crippen molar-refractivity contribution in [3.63, 3.8) is 0 Å². The van der Waals surface area contributed by atoms with Crippen molar-refractivity contribution in [1.29, 1.82) is 0 Å². The van der Waals surface area contributed by atoms with Gasteiger partial charge in [0.2, 0.25) is 0 Å². The fraction of sp³-hybridized carbons (Fsp3) is 0.263. The van der Waals surface area contributed by atoms with E-state index in [1.54, 1.807) is 24.3 Å². The second-order valence-electron chi connectivity index (χ2n) is 5.75. The van der Waals surface area contributed by atoms with Crippen molar-refractivity contribution < 1.29 is 14.3 Å². The smallest absolute Gasteiger partial charge is 0.257 e. The van der Waals surface area contributed by atoms with Gasteiger partial charge in [-0.15, -0.1) is 0 Å². The Bertz CT molecular complexity index is 730. The molecule has 2 N–H and O–H groups in total. The molecule has 0 saturated carbocycles. The summed E-state index contributed by atoms with van der Waals surface area (Å²) in [6.07, 6.45) is 2.29. The average Bonchev–Trinajstić information content (AvgIpc) is 3.14. The van der Waals surface area contributed by atoms with E-state index in [-0.39, 0.29) is 17.1 Å². The zero-order chi connectivity index (χ0) is 17.5. The first kappa shape index (κ1) is 17.4. The van der Waals surface area contributed by atoms with E-state index in [0.717, 1.165) is 30.9 Å². The predicted molar refractivity (Wildman–Crippen MR) is 101 cm³/mol. The molecule has 1 saturated heterocycles. The Morgan fingerprint density at radius 2 is 2.04 bits per heavy atom. The first-order valence-corrected chi connectivity index (χ1v) is 8.63. The van der Waals surface area contributed by atoms with Crippen LogP contribution in [0.25, 0.3) is 0 Å². The second kappa shape index (κ2) is 8.60. The van der Waals surface area contributed by atoms with Gasteiger partial charge in [-0.1, -0.05) is 24.3 Å². The lowest BCUT2D eigenvalue weighted by molar-refractivity contribution is 0.0680. The number of amides is 1. The van der Waals surface area contributed by atoms with Gasteiger partial charge in [0.05, 0.1) is 6.10 Å². The van der Waals surface area contributed by atoms with Crippen molar-refractivity contribution >= 4 is 28.9 Å². The first-order chi connectivity index (χ1) is 12.2. The van der Waals surface area contributed by atoms with Gasteiger partial charge in [0, 0.05) is 23.9 Å². The minimum atomic E-state index is -0.246. The van der Waals surface area contributed by atoms with Crippen LogP contribution in [0.4, 0.5) is 5.69 Å². The van der Waals surface area contributed by atoms with Crippen LogP contribution in [0.5, 0.6) is 5.75 Å². The quantitative estimate of drug-likeness (QED) is 0.805. The van der Waals surface area contributed by atoms with Crippen molar-refractivity contribution in [2.24, 2.45) is 0 Å². The summed E-state index contributed by atoms with van der Waals surface area (Å²) in [7, 11) is 0. The van der Waals surface area contributed by atoms with Crippen LogP contribution in [0.2, 0.25) is 0 Å². The molecule has 0 aromatic heterocycles. The first-order valence-electron chi connectivity index (χ1n) is 8.22. The van der Waals surface area contributed by atoms with E-state index in [1.807, 2.05) is 30.3 Å². The number of ether oxygens (including phenoxy) is 2. The maximum atomic E-state index is 12.1. The third-order valence-electron chi connectivity index (χ3n) is 3.81. The highest BCUT2D eigenvalue weighted by molar-refractivity contribution is 7.80. The molecule has 6 heteroatoms. The molecule has 1 amide bonds. The van der Waals surface area contributed by atoms with Crippen LogP contribution in [-0.4, -0.2) is 30.3 Å². The Balaban J connectivity index is 1.52. The highest BCUT2D eigenvalue weighted by atomic mass is 32.1. The van der Waals surface area contributed by atoms with Crippen LogP contribution in [0, 0.1) is 0 Å². The van der Waals surface area contributed by atoms with Gasteiger partial charge in [-0.3, -0.25) is 10.1 Å². The molecule has 1 atom stereocenters. The van der Waals surface area contributed by atoms with Crippen LogP contribution >= 0.6 is 12.2 Å². The van der Waals surface area contributed by atoms with Gasteiger partial charge in [-0.2, -0.15) is 0 Å². The number of nitrogens with one attached hydrogen (secondary N) is 2. The van der Waals surface area contributed by atoms with E-state index in [1.165, 1.54) is 0 Å². The lowest BCUT2D eigenvalue weighted by atomic mass is 10.2. The molecule has 1 heterocycles. The number of carbonyl (C=O) groups is 1. The molecule has 1 aliphatic rings. The van der Waals surface area contributed by atoms with Crippen LogP contribution in [-0.2, 0) is 4.74 Å². The number of rotatable bonds is 5. The van der Waals surface area contributed by atoms with E-state index in [2.05, 4.69) is 10.6 Å². The summed E-state index contributed by atoms with van der Waals surface area (Å²) < 4.78 is 11.3. The van der Waals surface area contributed by atoms with Crippen molar-refractivity contribution in [2.75, 3.05) is 18.5 Å². The maximum Gasteiger partial charge on any atom is 0.257 e. The molecular weight excluding hydrogens is 336 g/mol. The highest BCUT2D eigenvalue weighted by Gasteiger charge is 2.16. The van der Waals surface area contributed by atoms with Gasteiger partial charge in [0.1, 0.15) is 12.4 Å². The third kappa shape index (κ3) is 5.27. The lowest BCUT2D eigenvalue weighted by Gasteiger charge is -2.13. The summed E-state index contributed by atoms with van der Waals surface area (Å²) in [6, 6.07) is 16.4. The fourth-order valence-corrected chi connectivity index (χ4v) is 2.77. The molecule has 25 heavy (non-hydrogen) atoms. The SMILES string of the molecule is O=C(NC(=S)Nc1cccc(OCC2CCCO2)c1)c1ccccc1. The standard InChI is InChI=1S/C19H20N2O3S/c22-18(14-6-2-1-3-7-14)21-19(25)20-15-8-4-9-16(12-15)24-13-17-10-5-11-23-17/h1-4,6-9,12,17H,5,10-11,13H2,(H2,20,21,22,25). The van der Waals surface area contributed by atoms with Crippen molar-refractivity contribution in [3.05, 3.63) is 60.2 Å². The molecule has 0 bridgehead atoms. The summed E-state index contributed by atoms with van der Waals surface area (Å²) in [4.78, 5) is 12.1. The van der Waals surface area contributed by atoms with E-state index < -0.39 is 0 Å². The largest absolute Gasteiger partial charge is 0.491 e. The molecule has 0 aliphatic carbocycles. The topological polar surface area (TPSA) is 59.6 Å². The molecule has 2 aromatic rings. The zero-order valence-corrected chi connectivity index (χ0v) is 14.6. The molecule has 0 spiro atoms. The molecule has 1 fully saturated rings. The van der Waals surface area contributed by atoms with Gasteiger partial charge in [0.25, 0.3) is 5.91 Å². The van der Waals surface area contributed by atoms with Gasteiger partial charge < -0.3 is 14.8 Å². The number of thiocarbonyl (C=S) groups is 1. The second-order valence-corrected chi connectivity index (χ2v) is 6.16. The van der Waals surface area contributed by atoms with Gasteiger partial charge in [-0.25, -0.2) is 0 Å². The number of benzene rings is 2. The van der Waals surface area contributed by atoms with Crippen molar-refractivity contribution in [2.45, 2.75) is 18.9 Å². The Labute approximate surface area is 152 Å². The average molecular weight is 356 g/mol. The molecule has 5 nitrogen and oxygen atoms in total. The molecule has 130 valence electrons. The molecular formula is C19H20N2O3S. The molecule has 3 rings (SSSR count). The van der Waals surface area contributed by atoms with E-state index in [4.69, 9.17) is 21.7 Å². The van der Waals surface area contributed by atoms with Gasteiger partial charge in [0.15, 0.2) is 5.11 Å². The van der Waals surface area contributed by atoms with Crippen molar-refractivity contribution in [3.8, 4) is 5.75 Å². The normalized spacial score (nSPS) is 16.2. The highest BCUT2D eigenvalue weighted by Crippen LogP contribution is 2.19. The Kier molecular flexibility index (Phi) is 5.98. The van der Waals surface area contributed by atoms with Crippen molar-refractivity contribution in [1.82, 2.24) is 5.32 Å². The number of hydrogen-bond acceptors (Lipinski definition) is 4. The fourth-order valence-electron chi connectivity index (χ4n) is 2.56. The molecule has 1 aliphatic heterocycles. The monoisotopic (exact) mass is 356 g/mol. The van der Waals surface area contributed by atoms with E-state index >= 15 is 0 Å². The summed E-state index contributed by atoms with van der Waals surface area (Å²) >= 11 is 5.20. The lowest BCUT2D eigenvalue weighted by Crippen LogP contribution is -2.34. The molecule has 2 aromatic carbocycles. The Morgan fingerprint density at radius 1 is 1.20 bits per heavy atom. The zero-order valence-electron chi connectivity index (χ0n) is 13.7. The predicted octanol–water partition coefficient (Wildman–Crippen LogP) is 3.37. The number of anilines is 1. The third-order valence-corrected chi connectivity index (χ3v) is 4.02. The summed E-state index contributed by atoms with van der Waals surface area (Å²) in [5.41, 5.74) is 1.31. The van der Waals surface area contributed by atoms with E-state index in [9.17, 15) is 4.79 Å². The Morgan fingerprint density at radius 3 is 2.80 bits per heavy atom. The number of hydrogen-bond donors (Lipinski definition) is 2. The van der Waals surface area contributed by atoms with Crippen LogP contribution < -0.4 is 15.4 Å². The minimum Gasteiger partial charge on any atom is -0.491 e. The maximum absolute atomic E-state index is 12.1. The minimum absolute atomic E-state index is 0.169. The van der Waals surface area contributed by atoms with Gasteiger partial charge >= 0.3 is 0 Å². The van der Waals surface area contributed by atoms with Crippen LogP contribution in [0.1, 0.15) is 23.2 Å². The molecule has 0 radical (unpaired) electrons. The van der Waals surface area contributed by atoms with Gasteiger partial charge in [-0.05, 0) is 49.3 Å². The summed E-state index contributed by atoms with van der Waals surface area (Å²) in [6.45, 7) is 1.35.